The number of likely N-dealkylation sites (tertiary alicyclic amines) is 1. The number of hydrogen-bond acceptors (Lipinski definition) is 5. The second-order valence-electron chi connectivity index (χ2n) is 7.69. The highest BCUT2D eigenvalue weighted by Crippen LogP contribution is 2.25. The van der Waals surface area contributed by atoms with Gasteiger partial charge in [0.2, 0.25) is 0 Å². The molecule has 0 saturated carbocycles. The number of carbonyl (C=O) groups is 1. The third kappa shape index (κ3) is 3.84. The molecule has 0 aliphatic carbocycles. The molecular formula is C23H23N5O2. The first-order valence-corrected chi connectivity index (χ1v) is 10.2. The molecule has 3 heterocycles. The van der Waals surface area contributed by atoms with Crippen molar-refractivity contribution < 1.29 is 9.32 Å². The van der Waals surface area contributed by atoms with Crippen molar-refractivity contribution in [2.75, 3.05) is 19.6 Å². The maximum atomic E-state index is 13.0. The summed E-state index contributed by atoms with van der Waals surface area (Å²) in [6.07, 6.45) is 4.18. The van der Waals surface area contributed by atoms with Crippen LogP contribution in [0.15, 0.2) is 65.3 Å². The fourth-order valence-electron chi connectivity index (χ4n) is 3.99. The fraction of sp³-hybridized carbons (Fsp3) is 0.261. The Morgan fingerprint density at radius 1 is 1.13 bits per heavy atom. The van der Waals surface area contributed by atoms with E-state index in [1.54, 1.807) is 12.3 Å². The van der Waals surface area contributed by atoms with Crippen LogP contribution in [0.3, 0.4) is 0 Å². The van der Waals surface area contributed by atoms with Gasteiger partial charge in [0, 0.05) is 23.6 Å². The van der Waals surface area contributed by atoms with Gasteiger partial charge in [0.1, 0.15) is 0 Å². The van der Waals surface area contributed by atoms with Gasteiger partial charge in [-0.1, -0.05) is 35.5 Å². The summed E-state index contributed by atoms with van der Waals surface area (Å²) < 4.78 is 5.47. The molecule has 152 valence electrons. The Balaban J connectivity index is 1.35. The number of aromatic nitrogens is 3. The summed E-state index contributed by atoms with van der Waals surface area (Å²) in [4.78, 5) is 15.3. The van der Waals surface area contributed by atoms with Crippen LogP contribution in [-0.4, -0.2) is 45.8 Å². The lowest BCUT2D eigenvalue weighted by molar-refractivity contribution is 0.0918. The molecule has 0 bridgehead atoms. The highest BCUT2D eigenvalue weighted by molar-refractivity contribution is 5.93. The van der Waals surface area contributed by atoms with Crippen LogP contribution in [0, 0.1) is 0 Å². The molecular weight excluding hydrogens is 378 g/mol. The largest absolute Gasteiger partial charge is 0.355 e. The van der Waals surface area contributed by atoms with Gasteiger partial charge < -0.3 is 14.7 Å². The van der Waals surface area contributed by atoms with Crippen molar-refractivity contribution >= 4 is 16.8 Å². The summed E-state index contributed by atoms with van der Waals surface area (Å²) in [6, 6.07) is 17.5. The molecule has 0 spiro atoms. The van der Waals surface area contributed by atoms with E-state index < -0.39 is 0 Å². The van der Waals surface area contributed by atoms with Gasteiger partial charge in [0.25, 0.3) is 5.91 Å². The molecule has 1 unspecified atom stereocenters. The number of H-pyrrole nitrogens is 1. The average molecular weight is 401 g/mol. The zero-order valence-corrected chi connectivity index (χ0v) is 16.5. The van der Waals surface area contributed by atoms with Gasteiger partial charge in [-0.3, -0.25) is 9.89 Å². The molecule has 1 amide bonds. The maximum Gasteiger partial charge on any atom is 0.274 e. The zero-order chi connectivity index (χ0) is 20.3. The zero-order valence-electron chi connectivity index (χ0n) is 16.5. The minimum absolute atomic E-state index is 0.0979. The Morgan fingerprint density at radius 3 is 2.80 bits per heavy atom. The summed E-state index contributed by atoms with van der Waals surface area (Å²) in [7, 11) is 0. The number of nitrogens with one attached hydrogen (secondary N) is 2. The van der Waals surface area contributed by atoms with Crippen LogP contribution in [0.5, 0.6) is 0 Å². The van der Waals surface area contributed by atoms with Crippen LogP contribution in [0.2, 0.25) is 0 Å². The second kappa shape index (κ2) is 8.12. The standard InChI is InChI=1S/C23H23N5O2/c29-23(25-21(15-28-10-4-5-11-28)16-6-2-1-3-7-16)20-13-22(30-27-20)17-8-9-19-18(12-17)14-24-26-19/h1-3,6-9,12-14,21H,4-5,10-11,15H2,(H,24,26)(H,25,29). The Hall–Kier alpha value is -3.45. The van der Waals surface area contributed by atoms with Crippen LogP contribution in [0.1, 0.15) is 34.9 Å². The van der Waals surface area contributed by atoms with Gasteiger partial charge in [0.05, 0.1) is 17.8 Å². The first-order chi connectivity index (χ1) is 14.8. The van der Waals surface area contributed by atoms with Crippen molar-refractivity contribution in [1.82, 2.24) is 25.6 Å². The number of aromatic amines is 1. The highest BCUT2D eigenvalue weighted by atomic mass is 16.5. The Kier molecular flexibility index (Phi) is 5.03. The van der Waals surface area contributed by atoms with Crippen LogP contribution in [-0.2, 0) is 0 Å². The summed E-state index contributed by atoms with van der Waals surface area (Å²) in [6.45, 7) is 2.94. The number of fused-ring (bicyclic) bond motifs is 1. The van der Waals surface area contributed by atoms with Crippen molar-refractivity contribution in [3.8, 4) is 11.3 Å². The van der Waals surface area contributed by atoms with Crippen molar-refractivity contribution in [2.45, 2.75) is 18.9 Å². The van der Waals surface area contributed by atoms with Gasteiger partial charge in [0.15, 0.2) is 11.5 Å². The Labute approximate surface area is 174 Å². The number of carbonyl (C=O) groups excluding carboxylic acids is 1. The number of hydrogen-bond donors (Lipinski definition) is 2. The molecule has 30 heavy (non-hydrogen) atoms. The molecule has 2 aromatic heterocycles. The summed E-state index contributed by atoms with van der Waals surface area (Å²) >= 11 is 0. The van der Waals surface area contributed by atoms with E-state index in [-0.39, 0.29) is 17.6 Å². The molecule has 7 heteroatoms. The molecule has 4 aromatic rings. The first kappa shape index (κ1) is 18.6. The van der Waals surface area contributed by atoms with Gasteiger partial charge in [-0.2, -0.15) is 5.10 Å². The molecule has 2 aromatic carbocycles. The van der Waals surface area contributed by atoms with Crippen LogP contribution in [0.25, 0.3) is 22.2 Å². The molecule has 1 fully saturated rings. The molecule has 1 aliphatic heterocycles. The average Bonchev–Trinajstić information content (AvgIpc) is 3.54. The third-order valence-corrected chi connectivity index (χ3v) is 5.61. The van der Waals surface area contributed by atoms with Crippen molar-refractivity contribution in [3.63, 3.8) is 0 Å². The Bertz CT molecular complexity index is 1140. The van der Waals surface area contributed by atoms with Crippen molar-refractivity contribution in [2.24, 2.45) is 0 Å². The topological polar surface area (TPSA) is 87.0 Å². The predicted octanol–water partition coefficient (Wildman–Crippen LogP) is 3.78. The molecule has 5 rings (SSSR count). The number of benzene rings is 2. The number of nitrogens with zero attached hydrogens (tertiary/aromatic N) is 3. The summed E-state index contributed by atoms with van der Waals surface area (Å²) in [5, 5.41) is 15.1. The molecule has 1 aliphatic rings. The molecule has 2 N–H and O–H groups in total. The quantitative estimate of drug-likeness (QED) is 0.513. The minimum atomic E-state index is -0.234. The number of rotatable bonds is 6. The van der Waals surface area contributed by atoms with Gasteiger partial charge in [-0.25, -0.2) is 0 Å². The molecule has 0 radical (unpaired) electrons. The second-order valence-corrected chi connectivity index (χ2v) is 7.69. The van der Waals surface area contributed by atoms with E-state index in [1.807, 2.05) is 36.4 Å². The maximum absolute atomic E-state index is 13.0. The van der Waals surface area contributed by atoms with Crippen LogP contribution < -0.4 is 5.32 Å². The van der Waals surface area contributed by atoms with E-state index >= 15 is 0 Å². The van der Waals surface area contributed by atoms with E-state index in [1.165, 1.54) is 12.8 Å². The summed E-state index contributed by atoms with van der Waals surface area (Å²) in [5.41, 5.74) is 3.17. The van der Waals surface area contributed by atoms with Crippen molar-refractivity contribution in [3.05, 3.63) is 72.1 Å². The molecule has 7 nitrogen and oxygen atoms in total. The van der Waals surface area contributed by atoms with Gasteiger partial charge in [-0.15, -0.1) is 0 Å². The predicted molar refractivity (Wildman–Crippen MR) is 114 cm³/mol. The van der Waals surface area contributed by atoms with Crippen LogP contribution >= 0.6 is 0 Å². The first-order valence-electron chi connectivity index (χ1n) is 10.2. The highest BCUT2D eigenvalue weighted by Gasteiger charge is 2.23. The third-order valence-electron chi connectivity index (χ3n) is 5.61. The van der Waals surface area contributed by atoms with E-state index in [9.17, 15) is 4.79 Å². The lowest BCUT2D eigenvalue weighted by Crippen LogP contribution is -2.37. The molecule has 1 atom stereocenters. The van der Waals surface area contributed by atoms with Crippen LogP contribution in [0.4, 0.5) is 0 Å². The van der Waals surface area contributed by atoms with Gasteiger partial charge in [-0.05, 0) is 49.7 Å². The lowest BCUT2D eigenvalue weighted by Gasteiger charge is -2.24. The Morgan fingerprint density at radius 2 is 1.97 bits per heavy atom. The van der Waals surface area contributed by atoms with E-state index in [2.05, 4.69) is 37.7 Å². The lowest BCUT2D eigenvalue weighted by atomic mass is 10.1. The molecule has 1 saturated heterocycles. The monoisotopic (exact) mass is 401 g/mol. The van der Waals surface area contributed by atoms with E-state index in [0.717, 1.165) is 41.7 Å². The van der Waals surface area contributed by atoms with E-state index in [0.29, 0.717) is 5.76 Å². The summed E-state index contributed by atoms with van der Waals surface area (Å²) in [5.74, 6) is 0.321. The SMILES string of the molecule is O=C(NC(CN1CCCC1)c1ccccc1)c1cc(-c2ccc3[nH]ncc3c2)on1. The normalized spacial score (nSPS) is 15.5. The minimum Gasteiger partial charge on any atom is -0.355 e. The van der Waals surface area contributed by atoms with Gasteiger partial charge >= 0.3 is 0 Å². The van der Waals surface area contributed by atoms with E-state index in [4.69, 9.17) is 4.52 Å². The fourth-order valence-corrected chi connectivity index (χ4v) is 3.99. The number of amides is 1. The smallest absolute Gasteiger partial charge is 0.274 e. The van der Waals surface area contributed by atoms with Crippen molar-refractivity contribution in [1.29, 1.82) is 0 Å².